The minimum absolute atomic E-state index is 0.122. The molecule has 0 unspecified atom stereocenters. The summed E-state index contributed by atoms with van der Waals surface area (Å²) in [5.74, 6) is -16.5. The van der Waals surface area contributed by atoms with Gasteiger partial charge < -0.3 is 5.32 Å². The van der Waals surface area contributed by atoms with Gasteiger partial charge in [-0.3, -0.25) is 14.4 Å². The Morgan fingerprint density at radius 3 is 2.15 bits per heavy atom. The summed E-state index contributed by atoms with van der Waals surface area (Å²) < 4.78 is 132. The Bertz CT molecular complexity index is 1730. The van der Waals surface area contributed by atoms with Gasteiger partial charge in [0.1, 0.15) is 21.8 Å². The molecule has 0 bridgehead atoms. The molecule has 4 nitrogen and oxygen atoms in total. The van der Waals surface area contributed by atoms with Gasteiger partial charge in [-0.05, 0) is 53.6 Å². The van der Waals surface area contributed by atoms with Crippen molar-refractivity contribution in [3.8, 4) is 0 Å². The zero-order valence-corrected chi connectivity index (χ0v) is 24.7. The Kier molecular flexibility index (Phi) is 9.79. The van der Waals surface area contributed by atoms with Gasteiger partial charge in [0.05, 0.1) is 16.5 Å². The van der Waals surface area contributed by atoms with Gasteiger partial charge >= 0.3 is 18.5 Å². The van der Waals surface area contributed by atoms with Gasteiger partial charge in [0.15, 0.2) is 5.78 Å². The standard InChI is InChI=1S/C29H16Cl3F10NO3/c30-18-3-2-15(43-25(46)23-22(27(23,31)32)12-5-13(29(40,41)42)8-14(33)6-12)9-16(18)20(44)7-11-1-4-19(34)17(24(11)35)10-21(45)28(38,39)26(36)37/h1-6,8-9,22-23,26H,7,10H2,(H,43,46)/t22-,23+/m0/s1. The van der Waals surface area contributed by atoms with Crippen LogP contribution in [0.1, 0.15) is 38.5 Å². The van der Waals surface area contributed by atoms with Gasteiger partial charge in [0.25, 0.3) is 0 Å². The number of nitrogens with one attached hydrogen (secondary N) is 1. The van der Waals surface area contributed by atoms with Crippen LogP contribution in [0.25, 0.3) is 0 Å². The zero-order chi connectivity index (χ0) is 34.5. The molecule has 2 atom stereocenters. The minimum atomic E-state index is -5.18. The second-order valence-electron chi connectivity index (χ2n) is 10.2. The third-order valence-corrected chi connectivity index (χ3v) is 8.35. The molecule has 17 heteroatoms. The van der Waals surface area contributed by atoms with Crippen LogP contribution in [0.5, 0.6) is 0 Å². The molecule has 0 radical (unpaired) electrons. The molecule has 0 saturated heterocycles. The van der Waals surface area contributed by atoms with Crippen LogP contribution in [0.2, 0.25) is 5.02 Å². The Morgan fingerprint density at radius 2 is 1.54 bits per heavy atom. The summed E-state index contributed by atoms with van der Waals surface area (Å²) in [4.78, 5) is 37.6. The number of benzene rings is 3. The molecular weight excluding hydrogens is 707 g/mol. The molecule has 4 rings (SSSR count). The van der Waals surface area contributed by atoms with E-state index in [1.807, 2.05) is 0 Å². The summed E-state index contributed by atoms with van der Waals surface area (Å²) in [6.07, 6.45) is -12.0. The van der Waals surface area contributed by atoms with E-state index in [1.165, 1.54) is 6.07 Å². The van der Waals surface area contributed by atoms with Crippen molar-refractivity contribution in [3.63, 3.8) is 0 Å². The van der Waals surface area contributed by atoms with Crippen LogP contribution in [-0.4, -0.2) is 34.2 Å². The number of rotatable bonds is 10. The molecule has 46 heavy (non-hydrogen) atoms. The molecule has 1 saturated carbocycles. The fourth-order valence-electron chi connectivity index (χ4n) is 4.67. The number of hydrogen-bond donors (Lipinski definition) is 1. The van der Waals surface area contributed by atoms with E-state index in [2.05, 4.69) is 5.32 Å². The maximum Gasteiger partial charge on any atom is 0.416 e. The average molecular weight is 723 g/mol. The van der Waals surface area contributed by atoms with Crippen LogP contribution >= 0.6 is 34.8 Å². The molecule has 0 spiro atoms. The summed E-state index contributed by atoms with van der Waals surface area (Å²) >= 11 is 18.4. The highest BCUT2D eigenvalue weighted by Crippen LogP contribution is 2.65. The largest absolute Gasteiger partial charge is 0.416 e. The monoisotopic (exact) mass is 721 g/mol. The lowest BCUT2D eigenvalue weighted by Gasteiger charge is -2.15. The number of Topliss-reactive ketones (excluding diaryl/α,β-unsaturated/α-hetero) is 2. The molecule has 0 aromatic heterocycles. The molecule has 1 N–H and O–H groups in total. The first kappa shape index (κ1) is 35.5. The third kappa shape index (κ3) is 7.13. The van der Waals surface area contributed by atoms with E-state index < -0.39 is 99.2 Å². The van der Waals surface area contributed by atoms with E-state index in [9.17, 15) is 58.3 Å². The Hall–Kier alpha value is -3.36. The highest BCUT2D eigenvalue weighted by molar-refractivity contribution is 6.53. The summed E-state index contributed by atoms with van der Waals surface area (Å²) in [5, 5.41) is 2.12. The number of halogens is 13. The van der Waals surface area contributed by atoms with Crippen LogP contribution < -0.4 is 5.32 Å². The second-order valence-corrected chi connectivity index (χ2v) is 12.1. The summed E-state index contributed by atoms with van der Waals surface area (Å²) in [6.45, 7) is 0. The van der Waals surface area contributed by atoms with Crippen molar-refractivity contribution in [2.75, 3.05) is 5.32 Å². The predicted molar refractivity (Wildman–Crippen MR) is 146 cm³/mol. The topological polar surface area (TPSA) is 63.2 Å². The maximum atomic E-state index is 15.0. The molecule has 246 valence electrons. The number of amides is 1. The van der Waals surface area contributed by atoms with Crippen molar-refractivity contribution in [2.24, 2.45) is 5.92 Å². The van der Waals surface area contributed by atoms with Gasteiger partial charge in [-0.2, -0.15) is 22.0 Å². The fourth-order valence-corrected chi connectivity index (χ4v) is 5.72. The molecule has 1 amide bonds. The van der Waals surface area contributed by atoms with E-state index in [0.717, 1.165) is 24.3 Å². The van der Waals surface area contributed by atoms with Crippen molar-refractivity contribution in [1.29, 1.82) is 0 Å². The van der Waals surface area contributed by atoms with Crippen molar-refractivity contribution in [3.05, 3.63) is 98.8 Å². The lowest BCUT2D eigenvalue weighted by molar-refractivity contribution is -0.166. The molecule has 0 aliphatic heterocycles. The first-order valence-electron chi connectivity index (χ1n) is 12.7. The van der Waals surface area contributed by atoms with Crippen molar-refractivity contribution < 1.29 is 58.3 Å². The second kappa shape index (κ2) is 12.7. The van der Waals surface area contributed by atoms with Gasteiger partial charge in [0, 0.05) is 35.6 Å². The number of alkyl halides is 9. The first-order valence-corrected chi connectivity index (χ1v) is 13.8. The highest BCUT2D eigenvalue weighted by atomic mass is 35.5. The molecular formula is C29H16Cl3F10NO3. The van der Waals surface area contributed by atoms with E-state index >= 15 is 0 Å². The van der Waals surface area contributed by atoms with Crippen LogP contribution in [0.15, 0.2) is 48.5 Å². The fraction of sp³-hybridized carbons (Fsp3) is 0.276. The lowest BCUT2D eigenvalue weighted by atomic mass is 9.97. The van der Waals surface area contributed by atoms with Crippen LogP contribution in [0.4, 0.5) is 49.6 Å². The van der Waals surface area contributed by atoms with Crippen molar-refractivity contribution in [1.82, 2.24) is 0 Å². The predicted octanol–water partition coefficient (Wildman–Crippen LogP) is 8.74. The molecule has 1 fully saturated rings. The summed E-state index contributed by atoms with van der Waals surface area (Å²) in [6, 6.07) is 6.24. The first-order chi connectivity index (χ1) is 21.2. The van der Waals surface area contributed by atoms with Gasteiger partial charge in [0.2, 0.25) is 11.7 Å². The Labute approximate surface area is 267 Å². The third-order valence-electron chi connectivity index (χ3n) is 7.08. The van der Waals surface area contributed by atoms with E-state index in [1.54, 1.807) is 0 Å². The molecule has 1 aliphatic carbocycles. The molecule has 1 aliphatic rings. The molecule has 3 aromatic rings. The van der Waals surface area contributed by atoms with Crippen molar-refractivity contribution in [2.45, 2.75) is 41.6 Å². The number of anilines is 1. The van der Waals surface area contributed by atoms with E-state index in [4.69, 9.17) is 34.8 Å². The SMILES string of the molecule is O=C(Cc1ccc(F)c(CC(=O)C(F)(F)C(F)F)c1F)c1cc(NC(=O)[C@H]2[C@H](c3cc(F)cc(C(F)(F)F)c3)C2(Cl)Cl)ccc1Cl. The van der Waals surface area contributed by atoms with Crippen LogP contribution in [0, 0.1) is 23.4 Å². The van der Waals surface area contributed by atoms with Crippen LogP contribution in [0.3, 0.4) is 0 Å². The number of ketones is 2. The highest BCUT2D eigenvalue weighted by Gasteiger charge is 2.68. The van der Waals surface area contributed by atoms with E-state index in [-0.39, 0.29) is 27.9 Å². The smallest absolute Gasteiger partial charge is 0.326 e. The quantitative estimate of drug-likeness (QED) is 0.129. The molecule has 0 heterocycles. The Morgan fingerprint density at radius 1 is 0.891 bits per heavy atom. The minimum Gasteiger partial charge on any atom is -0.326 e. The van der Waals surface area contributed by atoms with Gasteiger partial charge in [-0.15, -0.1) is 23.2 Å². The van der Waals surface area contributed by atoms with E-state index in [0.29, 0.717) is 12.1 Å². The average Bonchev–Trinajstić information content (AvgIpc) is 3.54. The maximum absolute atomic E-state index is 15.0. The summed E-state index contributed by atoms with van der Waals surface area (Å²) in [7, 11) is 0. The Balaban J connectivity index is 1.53. The number of carbonyl (C=O) groups excluding carboxylic acids is 3. The summed E-state index contributed by atoms with van der Waals surface area (Å²) in [5.41, 5.74) is -3.98. The number of hydrogen-bond acceptors (Lipinski definition) is 3. The van der Waals surface area contributed by atoms with Crippen LogP contribution in [-0.2, 0) is 28.6 Å². The number of carbonyl (C=O) groups is 3. The van der Waals surface area contributed by atoms with Crippen molar-refractivity contribution >= 4 is 58.0 Å². The zero-order valence-electron chi connectivity index (χ0n) is 22.4. The normalized spacial score (nSPS) is 17.6. The van der Waals surface area contributed by atoms with Gasteiger partial charge in [-0.1, -0.05) is 17.7 Å². The molecule has 3 aromatic carbocycles. The van der Waals surface area contributed by atoms with Gasteiger partial charge in [-0.25, -0.2) is 22.0 Å². The lowest BCUT2D eigenvalue weighted by Crippen LogP contribution is -2.38.